The second kappa shape index (κ2) is 6.04. The quantitative estimate of drug-likeness (QED) is 0.628. The Morgan fingerprint density at radius 2 is 1.29 bits per heavy atom. The minimum Gasteiger partial charge on any atom is -0.399 e. The van der Waals surface area contributed by atoms with Crippen molar-refractivity contribution in [1.82, 2.24) is 4.98 Å². The molecule has 88 valence electrons. The van der Waals surface area contributed by atoms with E-state index in [0.29, 0.717) is 0 Å². The molecule has 2 N–H and O–H groups in total. The largest absolute Gasteiger partial charge is 0.399 e. The maximum Gasteiger partial charge on any atom is 0.0314 e. The van der Waals surface area contributed by atoms with Crippen LogP contribution >= 0.6 is 0 Å². The molecule has 1 aromatic heterocycles. The van der Waals surface area contributed by atoms with E-state index in [-0.39, 0.29) is 0 Å². The Kier molecular flexibility index (Phi) is 4.14. The molecule has 0 amide bonds. The number of nitrogen functional groups attached to an aromatic ring is 1. The summed E-state index contributed by atoms with van der Waals surface area (Å²) < 4.78 is 0. The van der Waals surface area contributed by atoms with Crippen LogP contribution in [0.2, 0.25) is 0 Å². The molecule has 0 fully saturated rings. The van der Waals surface area contributed by atoms with Gasteiger partial charge in [-0.15, -0.1) is 0 Å². The Morgan fingerprint density at radius 1 is 0.765 bits per heavy atom. The first kappa shape index (κ1) is 11.6. The molecule has 0 aliphatic carbocycles. The summed E-state index contributed by atoms with van der Waals surface area (Å²) >= 11 is 0. The highest BCUT2D eigenvalue weighted by Crippen LogP contribution is 2.10. The van der Waals surface area contributed by atoms with Crippen molar-refractivity contribution >= 4 is 5.69 Å². The third-order valence-electron chi connectivity index (χ3n) is 2.91. The van der Waals surface area contributed by atoms with Crippen LogP contribution in [0.15, 0.2) is 48.8 Å². The maximum absolute atomic E-state index is 5.65. The van der Waals surface area contributed by atoms with Crippen LogP contribution in [-0.4, -0.2) is 4.98 Å². The number of aromatic nitrogens is 1. The highest BCUT2D eigenvalue weighted by atomic mass is 14.6. The van der Waals surface area contributed by atoms with Crippen LogP contribution in [0.1, 0.15) is 24.0 Å². The van der Waals surface area contributed by atoms with E-state index in [1.807, 2.05) is 24.5 Å². The van der Waals surface area contributed by atoms with Gasteiger partial charge in [-0.25, -0.2) is 0 Å². The fourth-order valence-electron chi connectivity index (χ4n) is 1.89. The zero-order valence-corrected chi connectivity index (χ0v) is 9.97. The molecule has 2 heteroatoms. The number of nitrogens with zero attached hydrogens (tertiary/aromatic N) is 1. The van der Waals surface area contributed by atoms with E-state index in [9.17, 15) is 0 Å². The number of hydrogen-bond acceptors (Lipinski definition) is 2. The summed E-state index contributed by atoms with van der Waals surface area (Å²) in [5.74, 6) is 0. The molecule has 2 nitrogen and oxygen atoms in total. The number of pyridine rings is 1. The standard InChI is InChI=1S/C15H18N2/c16-15-7-5-13(6-8-15)3-1-2-4-14-9-11-17-12-10-14/h5-12H,1-4,16H2. The molecule has 17 heavy (non-hydrogen) atoms. The third kappa shape index (κ3) is 3.91. The Bertz CT molecular complexity index is 434. The van der Waals surface area contributed by atoms with Gasteiger partial charge in [-0.3, -0.25) is 4.98 Å². The zero-order valence-electron chi connectivity index (χ0n) is 9.97. The summed E-state index contributed by atoms with van der Waals surface area (Å²) in [4.78, 5) is 4.02. The van der Waals surface area contributed by atoms with Crippen LogP contribution in [0.5, 0.6) is 0 Å². The zero-order chi connectivity index (χ0) is 11.9. The highest BCUT2D eigenvalue weighted by Gasteiger charge is 1.95. The van der Waals surface area contributed by atoms with Crippen LogP contribution in [0, 0.1) is 0 Å². The van der Waals surface area contributed by atoms with Crippen LogP contribution in [0.3, 0.4) is 0 Å². The van der Waals surface area contributed by atoms with Gasteiger partial charge in [-0.05, 0) is 61.1 Å². The van der Waals surface area contributed by atoms with Crippen LogP contribution < -0.4 is 5.73 Å². The van der Waals surface area contributed by atoms with Gasteiger partial charge in [0.15, 0.2) is 0 Å². The van der Waals surface area contributed by atoms with Crippen molar-refractivity contribution in [1.29, 1.82) is 0 Å². The van der Waals surface area contributed by atoms with Crippen LogP contribution in [-0.2, 0) is 12.8 Å². The predicted molar refractivity (Wildman–Crippen MR) is 71.7 cm³/mol. The number of hydrogen-bond donors (Lipinski definition) is 1. The van der Waals surface area contributed by atoms with Gasteiger partial charge < -0.3 is 5.73 Å². The van der Waals surface area contributed by atoms with Gasteiger partial charge in [0.1, 0.15) is 0 Å². The van der Waals surface area contributed by atoms with Gasteiger partial charge in [0.2, 0.25) is 0 Å². The number of nitrogens with two attached hydrogens (primary N) is 1. The molecule has 1 heterocycles. The van der Waals surface area contributed by atoms with Gasteiger partial charge in [0.25, 0.3) is 0 Å². The molecule has 0 aliphatic rings. The predicted octanol–water partition coefficient (Wildman–Crippen LogP) is 3.23. The first-order valence-corrected chi connectivity index (χ1v) is 6.08. The van der Waals surface area contributed by atoms with Gasteiger partial charge in [-0.2, -0.15) is 0 Å². The average molecular weight is 226 g/mol. The molecule has 0 saturated heterocycles. The smallest absolute Gasteiger partial charge is 0.0314 e. The molecule has 0 spiro atoms. The highest BCUT2D eigenvalue weighted by molar-refractivity contribution is 5.39. The number of rotatable bonds is 5. The minimum absolute atomic E-state index is 0.838. The molecule has 0 unspecified atom stereocenters. The monoisotopic (exact) mass is 226 g/mol. The Balaban J connectivity index is 1.71. The van der Waals surface area contributed by atoms with Crippen molar-refractivity contribution in [3.05, 3.63) is 59.9 Å². The van der Waals surface area contributed by atoms with Crippen LogP contribution in [0.25, 0.3) is 0 Å². The fourth-order valence-corrected chi connectivity index (χ4v) is 1.89. The average Bonchev–Trinajstić information content (AvgIpc) is 2.38. The number of benzene rings is 1. The van der Waals surface area contributed by atoms with E-state index < -0.39 is 0 Å². The van der Waals surface area contributed by atoms with Crippen molar-refractivity contribution in [3.8, 4) is 0 Å². The second-order valence-electron chi connectivity index (χ2n) is 4.30. The Morgan fingerprint density at radius 3 is 1.88 bits per heavy atom. The molecule has 0 saturated carbocycles. The molecule has 0 bridgehead atoms. The molecule has 0 aliphatic heterocycles. The molecule has 0 radical (unpaired) electrons. The summed E-state index contributed by atoms with van der Waals surface area (Å²) in [6, 6.07) is 12.3. The molecule has 0 atom stereocenters. The van der Waals surface area contributed by atoms with E-state index >= 15 is 0 Å². The lowest BCUT2D eigenvalue weighted by atomic mass is 10.0. The Hall–Kier alpha value is -1.83. The van der Waals surface area contributed by atoms with E-state index in [2.05, 4.69) is 29.2 Å². The lowest BCUT2D eigenvalue weighted by Gasteiger charge is -2.03. The molecular formula is C15H18N2. The fraction of sp³-hybridized carbons (Fsp3) is 0.267. The van der Waals surface area contributed by atoms with Crippen molar-refractivity contribution in [3.63, 3.8) is 0 Å². The molecule has 1 aromatic carbocycles. The second-order valence-corrected chi connectivity index (χ2v) is 4.30. The number of aryl methyl sites for hydroxylation is 2. The summed E-state index contributed by atoms with van der Waals surface area (Å²) in [6.45, 7) is 0. The summed E-state index contributed by atoms with van der Waals surface area (Å²) in [5.41, 5.74) is 9.23. The summed E-state index contributed by atoms with van der Waals surface area (Å²) in [6.07, 6.45) is 8.41. The van der Waals surface area contributed by atoms with Gasteiger partial charge in [0.05, 0.1) is 0 Å². The SMILES string of the molecule is Nc1ccc(CCCCc2ccncc2)cc1. The third-order valence-corrected chi connectivity index (χ3v) is 2.91. The van der Waals surface area contributed by atoms with Crippen LogP contribution in [0.4, 0.5) is 5.69 Å². The lowest BCUT2D eigenvalue weighted by Crippen LogP contribution is -1.90. The minimum atomic E-state index is 0.838. The van der Waals surface area contributed by atoms with Gasteiger partial charge >= 0.3 is 0 Å². The van der Waals surface area contributed by atoms with E-state index in [1.165, 1.54) is 24.0 Å². The molecule has 2 aromatic rings. The topological polar surface area (TPSA) is 38.9 Å². The summed E-state index contributed by atoms with van der Waals surface area (Å²) in [5, 5.41) is 0. The van der Waals surface area contributed by atoms with E-state index in [4.69, 9.17) is 5.73 Å². The lowest BCUT2D eigenvalue weighted by molar-refractivity contribution is 0.734. The normalized spacial score (nSPS) is 10.4. The van der Waals surface area contributed by atoms with Gasteiger partial charge in [-0.1, -0.05) is 12.1 Å². The number of unbranched alkanes of at least 4 members (excludes halogenated alkanes) is 1. The van der Waals surface area contributed by atoms with Crippen molar-refractivity contribution in [2.24, 2.45) is 0 Å². The van der Waals surface area contributed by atoms with E-state index in [0.717, 1.165) is 18.5 Å². The van der Waals surface area contributed by atoms with Crippen molar-refractivity contribution in [2.75, 3.05) is 5.73 Å². The van der Waals surface area contributed by atoms with E-state index in [1.54, 1.807) is 0 Å². The molecular weight excluding hydrogens is 208 g/mol. The Labute approximate surface area is 103 Å². The summed E-state index contributed by atoms with van der Waals surface area (Å²) in [7, 11) is 0. The first-order chi connectivity index (χ1) is 8.34. The molecule has 2 rings (SSSR count). The van der Waals surface area contributed by atoms with Crippen molar-refractivity contribution < 1.29 is 0 Å². The van der Waals surface area contributed by atoms with Gasteiger partial charge in [0, 0.05) is 18.1 Å². The maximum atomic E-state index is 5.65. The number of anilines is 1. The van der Waals surface area contributed by atoms with Crippen molar-refractivity contribution in [2.45, 2.75) is 25.7 Å². The first-order valence-electron chi connectivity index (χ1n) is 6.08.